The molecule has 0 amide bonds. The molecule has 0 aliphatic heterocycles. The number of benzene rings is 2. The van der Waals surface area contributed by atoms with E-state index in [1.165, 1.54) is 5.56 Å². The van der Waals surface area contributed by atoms with E-state index in [-0.39, 0.29) is 0 Å². The molecule has 0 bridgehead atoms. The van der Waals surface area contributed by atoms with E-state index < -0.39 is 0 Å². The van der Waals surface area contributed by atoms with Crippen LogP contribution in [0.3, 0.4) is 0 Å². The number of ether oxygens (including phenoxy) is 2. The van der Waals surface area contributed by atoms with E-state index in [2.05, 4.69) is 41.5 Å². The number of hydrogen-bond donors (Lipinski definition) is 1. The Morgan fingerprint density at radius 2 is 1.67 bits per heavy atom. The summed E-state index contributed by atoms with van der Waals surface area (Å²) in [7, 11) is 3.28. The zero-order valence-electron chi connectivity index (χ0n) is 17.7. The summed E-state index contributed by atoms with van der Waals surface area (Å²) in [4.78, 5) is 4.65. The molecule has 4 rings (SSSR count). The van der Waals surface area contributed by atoms with Crippen LogP contribution < -0.4 is 14.8 Å². The normalized spacial score (nSPS) is 12.0. The summed E-state index contributed by atoms with van der Waals surface area (Å²) in [5.41, 5.74) is 4.76. The van der Waals surface area contributed by atoms with Crippen LogP contribution in [0.15, 0.2) is 60.7 Å². The average molecular weight is 402 g/mol. The van der Waals surface area contributed by atoms with E-state index in [0.717, 1.165) is 46.5 Å². The van der Waals surface area contributed by atoms with Crippen LogP contribution in [0.25, 0.3) is 16.9 Å². The second-order valence-electron chi connectivity index (χ2n) is 7.38. The average Bonchev–Trinajstić information content (AvgIpc) is 3.21. The molecule has 6 nitrogen and oxygen atoms in total. The van der Waals surface area contributed by atoms with Crippen molar-refractivity contribution in [2.45, 2.75) is 19.8 Å². The Bertz CT molecular complexity index is 1130. The molecule has 4 aromatic rings. The van der Waals surface area contributed by atoms with Crippen LogP contribution in [-0.2, 0) is 0 Å². The van der Waals surface area contributed by atoms with Crippen molar-refractivity contribution in [3.63, 3.8) is 0 Å². The predicted octanol–water partition coefficient (Wildman–Crippen LogP) is 4.94. The Morgan fingerprint density at radius 3 is 2.33 bits per heavy atom. The van der Waals surface area contributed by atoms with E-state index in [1.807, 2.05) is 47.8 Å². The van der Waals surface area contributed by atoms with Crippen LogP contribution in [0.2, 0.25) is 0 Å². The van der Waals surface area contributed by atoms with Gasteiger partial charge in [-0.05, 0) is 30.5 Å². The van der Waals surface area contributed by atoms with Crippen molar-refractivity contribution in [3.05, 3.63) is 71.9 Å². The minimum absolute atomic E-state index is 0.368. The predicted molar refractivity (Wildman–Crippen MR) is 120 cm³/mol. The summed E-state index contributed by atoms with van der Waals surface area (Å²) in [6, 6.07) is 20.2. The maximum absolute atomic E-state index is 5.40. The van der Waals surface area contributed by atoms with Gasteiger partial charge in [0.05, 0.1) is 19.9 Å². The first-order valence-corrected chi connectivity index (χ1v) is 9.97. The van der Waals surface area contributed by atoms with Gasteiger partial charge in [0.1, 0.15) is 17.3 Å². The molecule has 30 heavy (non-hydrogen) atoms. The molecule has 2 heterocycles. The van der Waals surface area contributed by atoms with Crippen LogP contribution in [0.4, 0.5) is 5.82 Å². The highest BCUT2D eigenvalue weighted by molar-refractivity contribution is 5.68. The Labute approximate surface area is 176 Å². The lowest BCUT2D eigenvalue weighted by atomic mass is 10.0. The maximum Gasteiger partial charge on any atom is 0.158 e. The largest absolute Gasteiger partial charge is 0.497 e. The lowest BCUT2D eigenvalue weighted by Gasteiger charge is -2.15. The fraction of sp³-hybridized carbons (Fsp3) is 0.250. The second-order valence-corrected chi connectivity index (χ2v) is 7.38. The van der Waals surface area contributed by atoms with Crippen LogP contribution >= 0.6 is 0 Å². The first-order valence-electron chi connectivity index (χ1n) is 9.97. The van der Waals surface area contributed by atoms with Gasteiger partial charge in [0, 0.05) is 36.0 Å². The van der Waals surface area contributed by atoms with Crippen LogP contribution in [0.5, 0.6) is 11.5 Å². The minimum atomic E-state index is 0.368. The van der Waals surface area contributed by atoms with Crippen LogP contribution in [0, 0.1) is 6.92 Å². The third kappa shape index (κ3) is 4.08. The third-order valence-corrected chi connectivity index (χ3v) is 5.16. The summed E-state index contributed by atoms with van der Waals surface area (Å²) in [6.07, 6.45) is 0. The maximum atomic E-state index is 5.40. The second kappa shape index (κ2) is 8.45. The lowest BCUT2D eigenvalue weighted by molar-refractivity contribution is 0.394. The number of hydrogen-bond acceptors (Lipinski definition) is 5. The molecular formula is C24H26N4O2. The summed E-state index contributed by atoms with van der Waals surface area (Å²) >= 11 is 0. The molecule has 0 aliphatic rings. The zero-order valence-corrected chi connectivity index (χ0v) is 17.7. The molecule has 0 spiro atoms. The van der Waals surface area contributed by atoms with Gasteiger partial charge in [-0.15, -0.1) is 0 Å². The highest BCUT2D eigenvalue weighted by atomic mass is 16.5. The molecule has 0 radical (unpaired) electrons. The molecule has 6 heteroatoms. The van der Waals surface area contributed by atoms with Gasteiger partial charge in [0.25, 0.3) is 0 Å². The molecule has 0 fully saturated rings. The van der Waals surface area contributed by atoms with E-state index in [9.17, 15) is 0 Å². The third-order valence-electron chi connectivity index (χ3n) is 5.16. The first-order chi connectivity index (χ1) is 14.6. The fourth-order valence-corrected chi connectivity index (χ4v) is 3.48. The smallest absolute Gasteiger partial charge is 0.158 e. The molecule has 0 aliphatic carbocycles. The van der Waals surface area contributed by atoms with Crippen LogP contribution in [0.1, 0.15) is 24.1 Å². The number of aryl methyl sites for hydroxylation is 1. The van der Waals surface area contributed by atoms with Crippen molar-refractivity contribution in [2.24, 2.45) is 0 Å². The standard InChI is InChI=1S/C24H26N4O2/c1-16(18-8-6-5-7-9-18)15-25-23-10-17(2)26-24-14-22(27-28(23)24)19-11-20(29-3)13-21(12-19)30-4/h5-14,16,25H,15H2,1-4H3/t16-/m1/s1. The summed E-state index contributed by atoms with van der Waals surface area (Å²) in [5, 5.41) is 8.35. The molecule has 2 aromatic heterocycles. The van der Waals surface area contributed by atoms with Gasteiger partial charge in [-0.25, -0.2) is 4.98 Å². The molecule has 1 atom stereocenters. The minimum Gasteiger partial charge on any atom is -0.497 e. The van der Waals surface area contributed by atoms with Crippen LogP contribution in [-0.4, -0.2) is 35.4 Å². The van der Waals surface area contributed by atoms with Gasteiger partial charge in [-0.3, -0.25) is 0 Å². The van der Waals surface area contributed by atoms with Crippen molar-refractivity contribution in [1.29, 1.82) is 0 Å². The lowest BCUT2D eigenvalue weighted by Crippen LogP contribution is -2.13. The molecule has 2 aromatic carbocycles. The van der Waals surface area contributed by atoms with Crippen molar-refractivity contribution in [2.75, 3.05) is 26.1 Å². The Balaban J connectivity index is 1.66. The van der Waals surface area contributed by atoms with Gasteiger partial charge in [-0.1, -0.05) is 37.3 Å². The van der Waals surface area contributed by atoms with Crippen molar-refractivity contribution >= 4 is 11.5 Å². The van der Waals surface area contributed by atoms with Crippen molar-refractivity contribution in [1.82, 2.24) is 14.6 Å². The van der Waals surface area contributed by atoms with Crippen molar-refractivity contribution in [3.8, 4) is 22.8 Å². The number of methoxy groups -OCH3 is 2. The highest BCUT2D eigenvalue weighted by Gasteiger charge is 2.13. The molecular weight excluding hydrogens is 376 g/mol. The van der Waals surface area contributed by atoms with Crippen molar-refractivity contribution < 1.29 is 9.47 Å². The van der Waals surface area contributed by atoms with Gasteiger partial charge in [0.2, 0.25) is 0 Å². The van der Waals surface area contributed by atoms with Gasteiger partial charge >= 0.3 is 0 Å². The molecule has 154 valence electrons. The zero-order chi connectivity index (χ0) is 21.1. The van der Waals surface area contributed by atoms with Gasteiger partial charge < -0.3 is 14.8 Å². The Hall–Kier alpha value is -3.54. The summed E-state index contributed by atoms with van der Waals surface area (Å²) in [6.45, 7) is 5.00. The van der Waals surface area contributed by atoms with Gasteiger partial charge in [0.15, 0.2) is 5.65 Å². The number of anilines is 1. The highest BCUT2D eigenvalue weighted by Crippen LogP contribution is 2.30. The van der Waals surface area contributed by atoms with E-state index >= 15 is 0 Å². The first kappa shape index (κ1) is 19.8. The van der Waals surface area contributed by atoms with E-state index in [1.54, 1.807) is 14.2 Å². The van der Waals surface area contributed by atoms with E-state index in [4.69, 9.17) is 14.6 Å². The number of nitrogens with zero attached hydrogens (tertiary/aromatic N) is 3. The molecule has 0 unspecified atom stereocenters. The summed E-state index contributed by atoms with van der Waals surface area (Å²) < 4.78 is 12.7. The molecule has 1 N–H and O–H groups in total. The Kier molecular flexibility index (Phi) is 5.57. The monoisotopic (exact) mass is 402 g/mol. The Morgan fingerprint density at radius 1 is 0.967 bits per heavy atom. The quantitative estimate of drug-likeness (QED) is 0.475. The topological polar surface area (TPSA) is 60.7 Å². The number of fused-ring (bicyclic) bond motifs is 1. The molecule has 0 saturated heterocycles. The SMILES string of the molecule is COc1cc(OC)cc(-c2cc3nc(C)cc(NC[C@@H](C)c4ccccc4)n3n2)c1. The van der Waals surface area contributed by atoms with E-state index in [0.29, 0.717) is 5.92 Å². The molecule has 0 saturated carbocycles. The fourth-order valence-electron chi connectivity index (χ4n) is 3.48. The number of nitrogens with one attached hydrogen (secondary N) is 1. The van der Waals surface area contributed by atoms with Gasteiger partial charge in [-0.2, -0.15) is 9.61 Å². The number of aromatic nitrogens is 3. The summed E-state index contributed by atoms with van der Waals surface area (Å²) in [5.74, 6) is 2.73. The number of rotatable bonds is 7.